The van der Waals surface area contributed by atoms with Gasteiger partial charge in [0, 0.05) is 17.4 Å². The van der Waals surface area contributed by atoms with Crippen molar-refractivity contribution in [2.24, 2.45) is 0 Å². The van der Waals surface area contributed by atoms with Gasteiger partial charge in [-0.25, -0.2) is 4.79 Å². The summed E-state index contributed by atoms with van der Waals surface area (Å²) in [6.45, 7) is 3.78. The molecular formula is C16H17N3O2. The fourth-order valence-electron chi connectivity index (χ4n) is 1.86. The normalized spacial score (nSPS) is 10.0. The molecule has 2 aromatic rings. The van der Waals surface area contributed by atoms with Crippen LogP contribution in [0.2, 0.25) is 0 Å². The predicted octanol–water partition coefficient (Wildman–Crippen LogP) is 2.91. The van der Waals surface area contributed by atoms with E-state index in [2.05, 4.69) is 15.6 Å². The molecule has 21 heavy (non-hydrogen) atoms. The van der Waals surface area contributed by atoms with Gasteiger partial charge in [0.1, 0.15) is 0 Å². The minimum Gasteiger partial charge on any atom is -0.332 e. The molecule has 0 saturated heterocycles. The van der Waals surface area contributed by atoms with Gasteiger partial charge in [-0.1, -0.05) is 18.2 Å². The number of ketones is 1. The highest BCUT2D eigenvalue weighted by Crippen LogP contribution is 2.11. The second-order valence-corrected chi connectivity index (χ2v) is 4.71. The van der Waals surface area contributed by atoms with Gasteiger partial charge < -0.3 is 10.6 Å². The Hall–Kier alpha value is -2.69. The number of rotatable bonds is 4. The number of nitrogens with zero attached hydrogens (tertiary/aromatic N) is 1. The number of aromatic nitrogens is 1. The molecule has 5 heteroatoms. The Bertz CT molecular complexity index is 668. The molecule has 0 radical (unpaired) electrons. The van der Waals surface area contributed by atoms with E-state index in [-0.39, 0.29) is 11.8 Å². The van der Waals surface area contributed by atoms with Crippen molar-refractivity contribution < 1.29 is 9.59 Å². The van der Waals surface area contributed by atoms with E-state index in [1.807, 2.05) is 19.1 Å². The molecule has 1 aromatic carbocycles. The number of nitrogens with one attached hydrogen (secondary N) is 2. The van der Waals surface area contributed by atoms with Crippen LogP contribution < -0.4 is 10.6 Å². The van der Waals surface area contributed by atoms with Gasteiger partial charge in [-0.05, 0) is 37.6 Å². The second-order valence-electron chi connectivity index (χ2n) is 4.71. The largest absolute Gasteiger partial charge is 0.332 e. The highest BCUT2D eigenvalue weighted by molar-refractivity contribution is 5.96. The van der Waals surface area contributed by atoms with Crippen LogP contribution >= 0.6 is 0 Å². The van der Waals surface area contributed by atoms with E-state index in [1.165, 1.54) is 6.92 Å². The van der Waals surface area contributed by atoms with Crippen LogP contribution in [0.5, 0.6) is 0 Å². The van der Waals surface area contributed by atoms with Gasteiger partial charge in [-0.2, -0.15) is 0 Å². The molecule has 0 aliphatic rings. The van der Waals surface area contributed by atoms with Gasteiger partial charge in [0.2, 0.25) is 0 Å². The number of hydrogen-bond donors (Lipinski definition) is 2. The predicted molar refractivity (Wildman–Crippen MR) is 81.3 cm³/mol. The molecule has 2 N–H and O–H groups in total. The Kier molecular flexibility index (Phi) is 4.66. The maximum absolute atomic E-state index is 11.8. The van der Waals surface area contributed by atoms with Crippen LogP contribution in [-0.2, 0) is 6.54 Å². The zero-order chi connectivity index (χ0) is 15.2. The molecule has 108 valence electrons. The summed E-state index contributed by atoms with van der Waals surface area (Å²) in [5.74, 6) is -0.0387. The van der Waals surface area contributed by atoms with E-state index < -0.39 is 0 Å². The van der Waals surface area contributed by atoms with Crippen molar-refractivity contribution in [1.82, 2.24) is 10.3 Å². The lowest BCUT2D eigenvalue weighted by Gasteiger charge is -2.09. The molecule has 0 unspecified atom stereocenters. The number of aryl methyl sites for hydroxylation is 1. The van der Waals surface area contributed by atoms with Crippen LogP contribution in [0, 0.1) is 6.92 Å². The lowest BCUT2D eigenvalue weighted by molar-refractivity contribution is 0.101. The van der Waals surface area contributed by atoms with E-state index in [9.17, 15) is 9.59 Å². The van der Waals surface area contributed by atoms with Gasteiger partial charge in [-0.3, -0.25) is 9.78 Å². The van der Waals surface area contributed by atoms with Crippen LogP contribution in [0.3, 0.4) is 0 Å². The first-order chi connectivity index (χ1) is 10.1. The second kappa shape index (κ2) is 6.65. The van der Waals surface area contributed by atoms with Gasteiger partial charge in [0.25, 0.3) is 0 Å². The summed E-state index contributed by atoms with van der Waals surface area (Å²) in [5, 5.41) is 5.44. The number of benzene rings is 1. The molecule has 5 nitrogen and oxygen atoms in total. The first-order valence-corrected chi connectivity index (χ1v) is 6.62. The van der Waals surface area contributed by atoms with Crippen molar-refractivity contribution in [2.75, 3.05) is 5.32 Å². The molecule has 0 spiro atoms. The van der Waals surface area contributed by atoms with E-state index >= 15 is 0 Å². The van der Waals surface area contributed by atoms with Crippen molar-refractivity contribution in [3.63, 3.8) is 0 Å². The Morgan fingerprint density at radius 1 is 1.19 bits per heavy atom. The number of carbonyl (C=O) groups excluding carboxylic acids is 2. The van der Waals surface area contributed by atoms with Crippen molar-refractivity contribution >= 4 is 17.5 Å². The standard InChI is InChI=1S/C16H17N3O2/c1-11-5-4-8-17-15(11)10-18-16(21)19-14-7-3-6-13(9-14)12(2)20/h3-9H,10H2,1-2H3,(H2,18,19,21). The third kappa shape index (κ3) is 4.14. The Labute approximate surface area is 123 Å². The quantitative estimate of drug-likeness (QED) is 0.847. The van der Waals surface area contributed by atoms with Gasteiger partial charge >= 0.3 is 6.03 Å². The fourth-order valence-corrected chi connectivity index (χ4v) is 1.86. The number of anilines is 1. The lowest BCUT2D eigenvalue weighted by Crippen LogP contribution is -2.28. The summed E-state index contributed by atoms with van der Waals surface area (Å²) in [6.07, 6.45) is 1.69. The summed E-state index contributed by atoms with van der Waals surface area (Å²) >= 11 is 0. The summed E-state index contributed by atoms with van der Waals surface area (Å²) in [5.41, 5.74) is 2.99. The zero-order valence-electron chi connectivity index (χ0n) is 12.0. The highest BCUT2D eigenvalue weighted by atomic mass is 16.2. The van der Waals surface area contributed by atoms with Crippen LogP contribution in [0.15, 0.2) is 42.6 Å². The SMILES string of the molecule is CC(=O)c1cccc(NC(=O)NCc2ncccc2C)c1. The summed E-state index contributed by atoms with van der Waals surface area (Å²) in [4.78, 5) is 27.3. The van der Waals surface area contributed by atoms with Gasteiger partial charge in [-0.15, -0.1) is 0 Å². The maximum Gasteiger partial charge on any atom is 0.319 e. The van der Waals surface area contributed by atoms with E-state index in [1.54, 1.807) is 30.5 Å². The fraction of sp³-hybridized carbons (Fsp3) is 0.188. The number of pyridine rings is 1. The third-order valence-electron chi connectivity index (χ3n) is 3.06. The first-order valence-electron chi connectivity index (χ1n) is 6.62. The molecule has 0 saturated carbocycles. The summed E-state index contributed by atoms with van der Waals surface area (Å²) in [6, 6.07) is 10.3. The van der Waals surface area contributed by atoms with E-state index in [0.717, 1.165) is 11.3 Å². The van der Waals surface area contributed by atoms with Crippen molar-refractivity contribution in [3.05, 3.63) is 59.4 Å². The molecule has 2 rings (SSSR count). The molecule has 0 atom stereocenters. The lowest BCUT2D eigenvalue weighted by atomic mass is 10.1. The van der Waals surface area contributed by atoms with Crippen molar-refractivity contribution in [2.45, 2.75) is 20.4 Å². The topological polar surface area (TPSA) is 71.1 Å². The first kappa shape index (κ1) is 14.7. The molecule has 1 heterocycles. The minimum absolute atomic E-state index is 0.0387. The maximum atomic E-state index is 11.8. The summed E-state index contributed by atoms with van der Waals surface area (Å²) in [7, 11) is 0. The zero-order valence-corrected chi connectivity index (χ0v) is 12.0. The monoisotopic (exact) mass is 283 g/mol. The van der Waals surface area contributed by atoms with Crippen LogP contribution in [0.1, 0.15) is 28.5 Å². The van der Waals surface area contributed by atoms with Crippen LogP contribution in [0.25, 0.3) is 0 Å². The summed E-state index contributed by atoms with van der Waals surface area (Å²) < 4.78 is 0. The molecule has 0 aliphatic heterocycles. The molecule has 1 aromatic heterocycles. The smallest absolute Gasteiger partial charge is 0.319 e. The Morgan fingerprint density at radius 3 is 2.71 bits per heavy atom. The van der Waals surface area contributed by atoms with Gasteiger partial charge in [0.05, 0.1) is 12.2 Å². The Morgan fingerprint density at radius 2 is 2.00 bits per heavy atom. The molecule has 2 amide bonds. The number of Topliss-reactive ketones (excluding diaryl/α,β-unsaturated/α-hetero) is 1. The number of urea groups is 1. The molecule has 0 aliphatic carbocycles. The average molecular weight is 283 g/mol. The molecule has 0 fully saturated rings. The molecular weight excluding hydrogens is 266 g/mol. The van der Waals surface area contributed by atoms with Crippen LogP contribution in [0.4, 0.5) is 10.5 Å². The third-order valence-corrected chi connectivity index (χ3v) is 3.06. The number of hydrogen-bond acceptors (Lipinski definition) is 3. The Balaban J connectivity index is 1.95. The van der Waals surface area contributed by atoms with Crippen LogP contribution in [-0.4, -0.2) is 16.8 Å². The average Bonchev–Trinajstić information content (AvgIpc) is 2.46. The van der Waals surface area contributed by atoms with E-state index in [4.69, 9.17) is 0 Å². The van der Waals surface area contributed by atoms with Crippen molar-refractivity contribution in [3.8, 4) is 0 Å². The molecule has 0 bridgehead atoms. The number of amides is 2. The highest BCUT2D eigenvalue weighted by Gasteiger charge is 2.05. The minimum atomic E-state index is -0.333. The van der Waals surface area contributed by atoms with Gasteiger partial charge in [0.15, 0.2) is 5.78 Å². The number of carbonyl (C=O) groups is 2. The van der Waals surface area contributed by atoms with E-state index in [0.29, 0.717) is 17.8 Å². The van der Waals surface area contributed by atoms with Crippen molar-refractivity contribution in [1.29, 1.82) is 0 Å².